The number of nitrogens with one attached hydrogen (secondary N) is 1. The Morgan fingerprint density at radius 2 is 2.09 bits per heavy atom. The standard InChI is InChI=1S/C11H12F3N5O2S/c12-11(13,14)10-17-16-9-2-1-8(18-19(9)10)15-5-7-3-4-22(20,21)6-7/h1-2,7H,3-6H2,(H,15,18)/t7-/m1/s1. The fourth-order valence-corrected chi connectivity index (χ4v) is 4.20. The van der Waals surface area contributed by atoms with Crippen molar-refractivity contribution in [2.24, 2.45) is 5.92 Å². The minimum Gasteiger partial charge on any atom is -0.368 e. The molecule has 0 aromatic carbocycles. The molecular weight excluding hydrogens is 323 g/mol. The van der Waals surface area contributed by atoms with Crippen LogP contribution in [0.3, 0.4) is 0 Å². The average molecular weight is 335 g/mol. The first-order valence-electron chi connectivity index (χ1n) is 6.48. The smallest absolute Gasteiger partial charge is 0.368 e. The molecule has 1 aliphatic rings. The Morgan fingerprint density at radius 3 is 2.73 bits per heavy atom. The minimum absolute atomic E-state index is 0.0127. The second-order valence-electron chi connectivity index (χ2n) is 5.16. The normalized spacial score (nSPS) is 21.3. The van der Waals surface area contributed by atoms with Gasteiger partial charge in [-0.15, -0.1) is 15.3 Å². The molecule has 0 amide bonds. The fourth-order valence-electron chi connectivity index (χ4n) is 2.34. The largest absolute Gasteiger partial charge is 0.453 e. The number of alkyl halides is 3. The maximum absolute atomic E-state index is 12.7. The van der Waals surface area contributed by atoms with E-state index in [1.165, 1.54) is 12.1 Å². The maximum Gasteiger partial charge on any atom is 0.453 e. The number of hydrogen-bond acceptors (Lipinski definition) is 6. The van der Waals surface area contributed by atoms with Gasteiger partial charge in [0.05, 0.1) is 11.5 Å². The Hall–Kier alpha value is -1.91. The van der Waals surface area contributed by atoms with E-state index in [2.05, 4.69) is 20.6 Å². The van der Waals surface area contributed by atoms with Crippen LogP contribution in [-0.2, 0) is 16.0 Å². The number of rotatable bonds is 3. The van der Waals surface area contributed by atoms with Crippen molar-refractivity contribution in [3.05, 3.63) is 18.0 Å². The molecule has 0 spiro atoms. The summed E-state index contributed by atoms with van der Waals surface area (Å²) in [7, 11) is -2.99. The summed E-state index contributed by atoms with van der Waals surface area (Å²) >= 11 is 0. The maximum atomic E-state index is 12.7. The predicted octanol–water partition coefficient (Wildman–Crippen LogP) is 0.990. The summed E-state index contributed by atoms with van der Waals surface area (Å²) in [5.41, 5.74) is -0.0127. The van der Waals surface area contributed by atoms with Crippen molar-refractivity contribution in [2.45, 2.75) is 12.6 Å². The summed E-state index contributed by atoms with van der Waals surface area (Å²) in [5, 5.41) is 13.2. The second-order valence-corrected chi connectivity index (χ2v) is 7.39. The molecule has 1 saturated heterocycles. The van der Waals surface area contributed by atoms with Crippen LogP contribution in [-0.4, -0.2) is 46.3 Å². The Balaban J connectivity index is 1.77. The molecule has 3 rings (SSSR count). The minimum atomic E-state index is -4.65. The number of hydrogen-bond donors (Lipinski definition) is 1. The first kappa shape index (κ1) is 15.0. The monoisotopic (exact) mass is 335 g/mol. The molecule has 7 nitrogen and oxygen atoms in total. The van der Waals surface area contributed by atoms with Gasteiger partial charge in [0, 0.05) is 6.54 Å². The van der Waals surface area contributed by atoms with Crippen LogP contribution in [0.2, 0.25) is 0 Å². The summed E-state index contributed by atoms with van der Waals surface area (Å²) in [6.45, 7) is 0.335. The molecule has 1 N–H and O–H groups in total. The molecule has 1 atom stereocenters. The van der Waals surface area contributed by atoms with Gasteiger partial charge >= 0.3 is 6.18 Å². The van der Waals surface area contributed by atoms with E-state index < -0.39 is 21.8 Å². The van der Waals surface area contributed by atoms with Crippen molar-refractivity contribution < 1.29 is 21.6 Å². The lowest BCUT2D eigenvalue weighted by Crippen LogP contribution is -2.18. The molecule has 1 aliphatic heterocycles. The third-order valence-electron chi connectivity index (χ3n) is 3.41. The number of fused-ring (bicyclic) bond motifs is 1. The number of anilines is 1. The first-order chi connectivity index (χ1) is 10.2. The molecule has 0 bridgehead atoms. The van der Waals surface area contributed by atoms with E-state index in [1.54, 1.807) is 0 Å². The molecule has 0 radical (unpaired) electrons. The zero-order valence-electron chi connectivity index (χ0n) is 11.2. The number of nitrogens with zero attached hydrogens (tertiary/aromatic N) is 4. The van der Waals surface area contributed by atoms with Crippen LogP contribution in [0, 0.1) is 5.92 Å². The van der Waals surface area contributed by atoms with Crippen LogP contribution in [0.1, 0.15) is 12.2 Å². The van der Waals surface area contributed by atoms with E-state index in [0.717, 1.165) is 0 Å². The predicted molar refractivity (Wildman–Crippen MR) is 71.0 cm³/mol. The van der Waals surface area contributed by atoms with Crippen molar-refractivity contribution in [3.63, 3.8) is 0 Å². The van der Waals surface area contributed by atoms with Gasteiger partial charge in [0.1, 0.15) is 5.82 Å². The zero-order valence-corrected chi connectivity index (χ0v) is 12.0. The van der Waals surface area contributed by atoms with Crippen molar-refractivity contribution in [1.29, 1.82) is 0 Å². The summed E-state index contributed by atoms with van der Waals surface area (Å²) in [4.78, 5) is 0. The highest BCUT2D eigenvalue weighted by molar-refractivity contribution is 7.91. The van der Waals surface area contributed by atoms with Gasteiger partial charge in [0.15, 0.2) is 15.5 Å². The van der Waals surface area contributed by atoms with Gasteiger partial charge in [-0.05, 0) is 24.5 Å². The molecule has 22 heavy (non-hydrogen) atoms. The highest BCUT2D eigenvalue weighted by Gasteiger charge is 2.37. The topological polar surface area (TPSA) is 89.2 Å². The molecule has 2 aromatic heterocycles. The molecule has 120 valence electrons. The molecule has 0 unspecified atom stereocenters. The van der Waals surface area contributed by atoms with Crippen molar-refractivity contribution in [1.82, 2.24) is 19.8 Å². The summed E-state index contributed by atoms with van der Waals surface area (Å²) in [5.74, 6) is -0.819. The van der Waals surface area contributed by atoms with Gasteiger partial charge in [0.2, 0.25) is 0 Å². The Kier molecular flexibility index (Phi) is 3.46. The number of halogens is 3. The summed E-state index contributed by atoms with van der Waals surface area (Å²) in [6, 6.07) is 2.84. The van der Waals surface area contributed by atoms with Crippen molar-refractivity contribution in [2.75, 3.05) is 23.4 Å². The highest BCUT2D eigenvalue weighted by Crippen LogP contribution is 2.27. The molecular formula is C11H12F3N5O2S. The zero-order chi connectivity index (χ0) is 16.0. The first-order valence-corrected chi connectivity index (χ1v) is 8.31. The van der Waals surface area contributed by atoms with E-state index in [9.17, 15) is 21.6 Å². The fraction of sp³-hybridized carbons (Fsp3) is 0.545. The number of sulfone groups is 1. The van der Waals surface area contributed by atoms with Crippen LogP contribution in [0.25, 0.3) is 5.65 Å². The van der Waals surface area contributed by atoms with Gasteiger partial charge in [-0.1, -0.05) is 0 Å². The van der Waals surface area contributed by atoms with E-state index in [0.29, 0.717) is 17.5 Å². The van der Waals surface area contributed by atoms with Crippen LogP contribution in [0.4, 0.5) is 19.0 Å². The third kappa shape index (κ3) is 2.98. The molecule has 0 aliphatic carbocycles. The van der Waals surface area contributed by atoms with Crippen molar-refractivity contribution in [3.8, 4) is 0 Å². The molecule has 3 heterocycles. The average Bonchev–Trinajstić information content (AvgIpc) is 2.98. The Bertz CT molecular complexity index is 802. The molecule has 1 fully saturated rings. The lowest BCUT2D eigenvalue weighted by atomic mass is 10.1. The van der Waals surface area contributed by atoms with Crippen LogP contribution in [0.15, 0.2) is 12.1 Å². The van der Waals surface area contributed by atoms with E-state index in [1.807, 2.05) is 0 Å². The quantitative estimate of drug-likeness (QED) is 0.900. The number of aromatic nitrogens is 4. The van der Waals surface area contributed by atoms with Crippen LogP contribution in [0.5, 0.6) is 0 Å². The van der Waals surface area contributed by atoms with Gasteiger partial charge in [0.25, 0.3) is 5.82 Å². The lowest BCUT2D eigenvalue weighted by Gasteiger charge is -2.10. The van der Waals surface area contributed by atoms with Gasteiger partial charge in [-0.3, -0.25) is 0 Å². The van der Waals surface area contributed by atoms with E-state index >= 15 is 0 Å². The SMILES string of the molecule is O=S1(=O)CC[C@H](CNc2ccc3nnc(C(F)(F)F)n3n2)C1. The summed E-state index contributed by atoms with van der Waals surface area (Å²) in [6.07, 6.45) is -4.11. The third-order valence-corrected chi connectivity index (χ3v) is 5.25. The van der Waals surface area contributed by atoms with Crippen molar-refractivity contribution >= 4 is 21.3 Å². The molecule has 0 saturated carbocycles. The van der Waals surface area contributed by atoms with E-state index in [-0.39, 0.29) is 28.9 Å². The van der Waals surface area contributed by atoms with Gasteiger partial charge in [-0.2, -0.15) is 17.7 Å². The lowest BCUT2D eigenvalue weighted by molar-refractivity contribution is -0.146. The van der Waals surface area contributed by atoms with E-state index in [4.69, 9.17) is 0 Å². The van der Waals surface area contributed by atoms with Crippen LogP contribution >= 0.6 is 0 Å². The van der Waals surface area contributed by atoms with Gasteiger partial charge < -0.3 is 5.32 Å². The summed E-state index contributed by atoms with van der Waals surface area (Å²) < 4.78 is 61.6. The van der Waals surface area contributed by atoms with Crippen LogP contribution < -0.4 is 5.32 Å². The Morgan fingerprint density at radius 1 is 1.32 bits per heavy atom. The molecule has 2 aromatic rings. The highest BCUT2D eigenvalue weighted by atomic mass is 32.2. The molecule has 11 heteroatoms. The second kappa shape index (κ2) is 5.07. The Labute approximate surface area is 123 Å². The van der Waals surface area contributed by atoms with Gasteiger partial charge in [-0.25, -0.2) is 8.42 Å².